The molecule has 0 fully saturated rings. The second-order valence-electron chi connectivity index (χ2n) is 1.98. The van der Waals surface area contributed by atoms with Crippen molar-refractivity contribution in [3.63, 3.8) is 0 Å². The van der Waals surface area contributed by atoms with E-state index in [0.717, 1.165) is 6.08 Å². The van der Waals surface area contributed by atoms with Crippen LogP contribution in [0.2, 0.25) is 0 Å². The highest BCUT2D eigenvalue weighted by atomic mass is 19.4. The van der Waals surface area contributed by atoms with Gasteiger partial charge in [-0.25, -0.2) is 0 Å². The molecule has 0 aliphatic heterocycles. The SMILES string of the molecule is C/C(N)=C/C(N)C(F)(F)F. The summed E-state index contributed by atoms with van der Waals surface area (Å²) in [7, 11) is 0. The average molecular weight is 154 g/mol. The molecule has 0 radical (unpaired) electrons. The van der Waals surface area contributed by atoms with Gasteiger partial charge in [-0.15, -0.1) is 0 Å². The summed E-state index contributed by atoms with van der Waals surface area (Å²) >= 11 is 0. The van der Waals surface area contributed by atoms with Crippen LogP contribution in [0.5, 0.6) is 0 Å². The molecular formula is C5H9F3N2. The van der Waals surface area contributed by atoms with E-state index in [1.54, 1.807) is 0 Å². The van der Waals surface area contributed by atoms with E-state index in [9.17, 15) is 13.2 Å². The Bertz CT molecular complexity index is 134. The predicted molar refractivity (Wildman–Crippen MR) is 32.0 cm³/mol. The van der Waals surface area contributed by atoms with E-state index in [2.05, 4.69) is 5.73 Å². The van der Waals surface area contributed by atoms with Crippen molar-refractivity contribution >= 4 is 0 Å². The Morgan fingerprint density at radius 3 is 2.00 bits per heavy atom. The Kier molecular flexibility index (Phi) is 2.71. The molecule has 0 bridgehead atoms. The molecule has 0 saturated heterocycles. The Labute approximate surface area is 56.7 Å². The third-order valence-electron chi connectivity index (χ3n) is 0.820. The smallest absolute Gasteiger partial charge is 0.402 e. The summed E-state index contributed by atoms with van der Waals surface area (Å²) in [6.45, 7) is 1.35. The lowest BCUT2D eigenvalue weighted by molar-refractivity contribution is -0.137. The molecule has 0 aliphatic rings. The van der Waals surface area contributed by atoms with Gasteiger partial charge in [0.15, 0.2) is 0 Å². The minimum atomic E-state index is -4.39. The van der Waals surface area contributed by atoms with E-state index in [-0.39, 0.29) is 5.70 Å². The van der Waals surface area contributed by atoms with Crippen LogP contribution in [0.3, 0.4) is 0 Å². The predicted octanol–water partition coefficient (Wildman–Crippen LogP) is 0.739. The Hall–Kier alpha value is -0.710. The van der Waals surface area contributed by atoms with Gasteiger partial charge in [0.05, 0.1) is 0 Å². The van der Waals surface area contributed by atoms with Crippen molar-refractivity contribution < 1.29 is 13.2 Å². The van der Waals surface area contributed by atoms with Crippen molar-refractivity contribution in [3.05, 3.63) is 11.8 Å². The van der Waals surface area contributed by atoms with Crippen LogP contribution in [0.1, 0.15) is 6.92 Å². The van der Waals surface area contributed by atoms with Gasteiger partial charge in [0, 0.05) is 5.70 Å². The zero-order valence-electron chi connectivity index (χ0n) is 5.44. The lowest BCUT2D eigenvalue weighted by Gasteiger charge is -2.10. The molecule has 0 aromatic carbocycles. The van der Waals surface area contributed by atoms with E-state index in [0.29, 0.717) is 0 Å². The number of alkyl halides is 3. The third-order valence-corrected chi connectivity index (χ3v) is 0.820. The maximum atomic E-state index is 11.6. The maximum absolute atomic E-state index is 11.6. The molecule has 0 spiro atoms. The molecule has 5 heteroatoms. The molecule has 0 saturated carbocycles. The fourth-order valence-electron chi connectivity index (χ4n) is 0.378. The topological polar surface area (TPSA) is 52.0 Å². The zero-order valence-corrected chi connectivity index (χ0v) is 5.44. The van der Waals surface area contributed by atoms with Gasteiger partial charge >= 0.3 is 6.18 Å². The lowest BCUT2D eigenvalue weighted by Crippen LogP contribution is -2.35. The molecule has 1 unspecified atom stereocenters. The Morgan fingerprint density at radius 2 is 1.90 bits per heavy atom. The van der Waals surface area contributed by atoms with Crippen molar-refractivity contribution in [3.8, 4) is 0 Å². The average Bonchev–Trinajstić information content (AvgIpc) is 1.60. The number of halogens is 3. The molecule has 10 heavy (non-hydrogen) atoms. The van der Waals surface area contributed by atoms with E-state index in [4.69, 9.17) is 5.73 Å². The molecule has 0 amide bonds. The van der Waals surface area contributed by atoms with Gasteiger partial charge in [-0.05, 0) is 13.0 Å². The summed E-state index contributed by atoms with van der Waals surface area (Å²) < 4.78 is 34.8. The van der Waals surface area contributed by atoms with Crippen molar-refractivity contribution in [2.45, 2.75) is 19.1 Å². The van der Waals surface area contributed by atoms with Crippen LogP contribution in [0.25, 0.3) is 0 Å². The van der Waals surface area contributed by atoms with Crippen LogP contribution in [0.4, 0.5) is 13.2 Å². The molecule has 0 rings (SSSR count). The van der Waals surface area contributed by atoms with Crippen LogP contribution in [0.15, 0.2) is 11.8 Å². The standard InChI is InChI=1S/C5H9F3N2/c1-3(9)2-4(10)5(6,7)8/h2,4H,9-10H2,1H3/b3-2-. The Morgan fingerprint density at radius 1 is 1.50 bits per heavy atom. The summed E-state index contributed by atoms with van der Waals surface area (Å²) in [5.41, 5.74) is 9.72. The molecule has 60 valence electrons. The minimum absolute atomic E-state index is 0.0739. The highest BCUT2D eigenvalue weighted by Crippen LogP contribution is 2.19. The monoisotopic (exact) mass is 154 g/mol. The number of hydrogen-bond donors (Lipinski definition) is 2. The highest BCUT2D eigenvalue weighted by Gasteiger charge is 2.34. The second-order valence-corrected chi connectivity index (χ2v) is 1.98. The number of rotatable bonds is 1. The third kappa shape index (κ3) is 3.34. The first-order valence-corrected chi connectivity index (χ1v) is 2.60. The molecule has 2 nitrogen and oxygen atoms in total. The molecule has 4 N–H and O–H groups in total. The molecule has 0 heterocycles. The van der Waals surface area contributed by atoms with Crippen LogP contribution in [-0.4, -0.2) is 12.2 Å². The van der Waals surface area contributed by atoms with Crippen LogP contribution >= 0.6 is 0 Å². The summed E-state index contributed by atoms with van der Waals surface area (Å²) in [6.07, 6.45) is -3.62. The second kappa shape index (κ2) is 2.92. The molecule has 0 aliphatic carbocycles. The first-order chi connectivity index (χ1) is 4.34. The van der Waals surface area contributed by atoms with Gasteiger partial charge in [0.25, 0.3) is 0 Å². The van der Waals surface area contributed by atoms with E-state index >= 15 is 0 Å². The van der Waals surface area contributed by atoms with Gasteiger partial charge in [-0.2, -0.15) is 13.2 Å². The van der Waals surface area contributed by atoms with E-state index in [1.165, 1.54) is 6.92 Å². The normalized spacial score (nSPS) is 17.1. The highest BCUT2D eigenvalue weighted by molar-refractivity contribution is 5.01. The number of allylic oxidation sites excluding steroid dienone is 1. The van der Waals surface area contributed by atoms with Gasteiger partial charge in [0.1, 0.15) is 6.04 Å². The summed E-state index contributed by atoms with van der Waals surface area (Å²) in [5, 5.41) is 0. The first-order valence-electron chi connectivity index (χ1n) is 2.60. The van der Waals surface area contributed by atoms with Crippen LogP contribution in [-0.2, 0) is 0 Å². The van der Waals surface area contributed by atoms with Crippen molar-refractivity contribution in [2.24, 2.45) is 11.5 Å². The zero-order chi connectivity index (χ0) is 8.36. The van der Waals surface area contributed by atoms with E-state index in [1.807, 2.05) is 0 Å². The van der Waals surface area contributed by atoms with Crippen molar-refractivity contribution in [2.75, 3.05) is 0 Å². The van der Waals surface area contributed by atoms with Gasteiger partial charge in [-0.3, -0.25) is 0 Å². The number of hydrogen-bond acceptors (Lipinski definition) is 2. The molecule has 0 aromatic heterocycles. The molecule has 0 aromatic rings. The fourth-order valence-corrected chi connectivity index (χ4v) is 0.378. The van der Waals surface area contributed by atoms with E-state index < -0.39 is 12.2 Å². The Balaban J connectivity index is 4.11. The van der Waals surface area contributed by atoms with Crippen molar-refractivity contribution in [1.82, 2.24) is 0 Å². The largest absolute Gasteiger partial charge is 0.407 e. The minimum Gasteiger partial charge on any atom is -0.402 e. The summed E-state index contributed by atoms with van der Waals surface area (Å²) in [4.78, 5) is 0. The van der Waals surface area contributed by atoms with Crippen LogP contribution < -0.4 is 11.5 Å². The summed E-state index contributed by atoms with van der Waals surface area (Å²) in [5.74, 6) is 0. The lowest BCUT2D eigenvalue weighted by atomic mass is 10.2. The first kappa shape index (κ1) is 9.29. The molecule has 1 atom stereocenters. The van der Waals surface area contributed by atoms with Gasteiger partial charge in [0.2, 0.25) is 0 Å². The summed E-state index contributed by atoms with van der Waals surface area (Å²) in [6, 6.07) is -1.95. The molecular weight excluding hydrogens is 145 g/mol. The fraction of sp³-hybridized carbons (Fsp3) is 0.600. The quantitative estimate of drug-likeness (QED) is 0.585. The van der Waals surface area contributed by atoms with Crippen LogP contribution in [0, 0.1) is 0 Å². The van der Waals surface area contributed by atoms with Crippen molar-refractivity contribution in [1.29, 1.82) is 0 Å². The van der Waals surface area contributed by atoms with Gasteiger partial charge in [-0.1, -0.05) is 0 Å². The number of nitrogens with two attached hydrogens (primary N) is 2. The maximum Gasteiger partial charge on any atom is 0.407 e. The van der Waals surface area contributed by atoms with Gasteiger partial charge < -0.3 is 11.5 Å².